The lowest BCUT2D eigenvalue weighted by Crippen LogP contribution is -2.34. The van der Waals surface area contributed by atoms with Gasteiger partial charge in [-0.15, -0.1) is 6.58 Å². The molecule has 0 aliphatic heterocycles. The van der Waals surface area contributed by atoms with Crippen LogP contribution in [0.2, 0.25) is 0 Å². The van der Waals surface area contributed by atoms with Gasteiger partial charge in [-0.25, -0.2) is 8.42 Å². The number of hydrogen-bond acceptors (Lipinski definition) is 5. The molecule has 0 aromatic heterocycles. The minimum Gasteiger partial charge on any atom is -0.465 e. The normalized spacial score (nSPS) is 11.4. The molecule has 0 N–H and O–H groups in total. The summed E-state index contributed by atoms with van der Waals surface area (Å²) in [5.41, 5.74) is 0. The summed E-state index contributed by atoms with van der Waals surface area (Å²) in [7, 11) is -3.01. The van der Waals surface area contributed by atoms with E-state index in [1.165, 1.54) is 6.26 Å². The summed E-state index contributed by atoms with van der Waals surface area (Å²) in [5.74, 6) is -0.321. The Hall–Kier alpha value is -0.880. The molecule has 0 atom stereocenters. The summed E-state index contributed by atoms with van der Waals surface area (Å²) in [6.07, 6.45) is 2.80. The van der Waals surface area contributed by atoms with Crippen LogP contribution in [0, 0.1) is 0 Å². The Kier molecular flexibility index (Phi) is 7.00. The number of rotatable bonds is 8. The largest absolute Gasteiger partial charge is 0.465 e. The van der Waals surface area contributed by atoms with Crippen LogP contribution < -0.4 is 0 Å². The fraction of sp³-hybridized carbons (Fsp3) is 0.700. The van der Waals surface area contributed by atoms with Gasteiger partial charge in [0.25, 0.3) is 0 Å². The van der Waals surface area contributed by atoms with Gasteiger partial charge in [0.1, 0.15) is 9.84 Å². The standard InChI is InChI=1S/C10H19NO4S/c1-4-6-11(7-8-16(3,13)14)9-10(12)15-5-2/h4H,1,5-9H2,2-3H3. The summed E-state index contributed by atoms with van der Waals surface area (Å²) < 4.78 is 26.8. The third kappa shape index (κ3) is 8.43. The van der Waals surface area contributed by atoms with Gasteiger partial charge in [0.05, 0.1) is 18.9 Å². The fourth-order valence-electron chi connectivity index (χ4n) is 1.10. The Balaban J connectivity index is 4.16. The van der Waals surface area contributed by atoms with E-state index in [2.05, 4.69) is 6.58 Å². The highest BCUT2D eigenvalue weighted by molar-refractivity contribution is 7.90. The van der Waals surface area contributed by atoms with Crippen molar-refractivity contribution in [2.75, 3.05) is 38.2 Å². The van der Waals surface area contributed by atoms with Crippen molar-refractivity contribution in [2.45, 2.75) is 6.92 Å². The van der Waals surface area contributed by atoms with Crippen LogP contribution in [0.1, 0.15) is 6.92 Å². The van der Waals surface area contributed by atoms with E-state index in [0.717, 1.165) is 0 Å². The molecule has 0 radical (unpaired) electrons. The molecule has 6 heteroatoms. The van der Waals surface area contributed by atoms with E-state index in [4.69, 9.17) is 4.74 Å². The molecule has 0 heterocycles. The topological polar surface area (TPSA) is 63.7 Å². The van der Waals surface area contributed by atoms with E-state index < -0.39 is 9.84 Å². The predicted molar refractivity (Wildman–Crippen MR) is 63.0 cm³/mol. The number of sulfone groups is 1. The van der Waals surface area contributed by atoms with Crippen LogP contribution in [0.25, 0.3) is 0 Å². The molecule has 94 valence electrons. The summed E-state index contributed by atoms with van der Waals surface area (Å²) in [4.78, 5) is 12.9. The number of esters is 1. The van der Waals surface area contributed by atoms with Crippen molar-refractivity contribution in [3.05, 3.63) is 12.7 Å². The molecule has 16 heavy (non-hydrogen) atoms. The smallest absolute Gasteiger partial charge is 0.320 e. The Bertz CT molecular complexity index is 324. The number of carbonyl (C=O) groups is 1. The van der Waals surface area contributed by atoms with Gasteiger partial charge in [0.15, 0.2) is 0 Å². The van der Waals surface area contributed by atoms with Gasteiger partial charge in [-0.1, -0.05) is 6.08 Å². The van der Waals surface area contributed by atoms with E-state index in [-0.39, 0.29) is 18.3 Å². The second kappa shape index (κ2) is 7.40. The SMILES string of the molecule is C=CCN(CCS(C)(=O)=O)CC(=O)OCC. The highest BCUT2D eigenvalue weighted by Crippen LogP contribution is 1.93. The van der Waals surface area contributed by atoms with Crippen molar-refractivity contribution in [3.8, 4) is 0 Å². The van der Waals surface area contributed by atoms with Crippen LogP contribution in [-0.2, 0) is 19.4 Å². The molecular weight excluding hydrogens is 230 g/mol. The number of carbonyl (C=O) groups excluding carboxylic acids is 1. The molecule has 0 bridgehead atoms. The van der Waals surface area contributed by atoms with Crippen molar-refractivity contribution in [1.82, 2.24) is 4.90 Å². The lowest BCUT2D eigenvalue weighted by Gasteiger charge is -2.18. The molecule has 0 spiro atoms. The van der Waals surface area contributed by atoms with E-state index >= 15 is 0 Å². The molecule has 0 aromatic carbocycles. The van der Waals surface area contributed by atoms with Crippen LogP contribution >= 0.6 is 0 Å². The second-order valence-corrected chi connectivity index (χ2v) is 5.72. The first-order chi connectivity index (χ1) is 7.39. The highest BCUT2D eigenvalue weighted by atomic mass is 32.2. The molecule has 0 amide bonds. The monoisotopic (exact) mass is 249 g/mol. The summed E-state index contributed by atoms with van der Waals surface area (Å²) in [6.45, 7) is 6.48. The van der Waals surface area contributed by atoms with Crippen molar-refractivity contribution >= 4 is 15.8 Å². The zero-order valence-electron chi connectivity index (χ0n) is 9.81. The minimum atomic E-state index is -3.01. The van der Waals surface area contributed by atoms with Crippen LogP contribution in [-0.4, -0.2) is 57.5 Å². The first-order valence-corrected chi connectivity index (χ1v) is 7.11. The van der Waals surface area contributed by atoms with Gasteiger partial charge in [0, 0.05) is 19.3 Å². The van der Waals surface area contributed by atoms with Crippen molar-refractivity contribution in [3.63, 3.8) is 0 Å². The molecule has 0 fully saturated rings. The average molecular weight is 249 g/mol. The Morgan fingerprint density at radius 2 is 2.12 bits per heavy atom. The quantitative estimate of drug-likeness (QED) is 0.450. The van der Waals surface area contributed by atoms with E-state index in [1.54, 1.807) is 17.9 Å². The Labute approximate surface area is 97.0 Å². The molecule has 0 saturated carbocycles. The van der Waals surface area contributed by atoms with Gasteiger partial charge >= 0.3 is 5.97 Å². The van der Waals surface area contributed by atoms with Gasteiger partial charge in [-0.2, -0.15) is 0 Å². The number of ether oxygens (including phenoxy) is 1. The van der Waals surface area contributed by atoms with Gasteiger partial charge in [-0.05, 0) is 6.92 Å². The van der Waals surface area contributed by atoms with E-state index in [9.17, 15) is 13.2 Å². The fourth-order valence-corrected chi connectivity index (χ4v) is 1.69. The zero-order chi connectivity index (χ0) is 12.6. The van der Waals surface area contributed by atoms with Crippen molar-refractivity contribution in [2.24, 2.45) is 0 Å². The van der Waals surface area contributed by atoms with Crippen LogP contribution in [0.3, 0.4) is 0 Å². The van der Waals surface area contributed by atoms with Crippen LogP contribution in [0.15, 0.2) is 12.7 Å². The third-order valence-corrected chi connectivity index (χ3v) is 2.75. The molecule has 0 unspecified atom stereocenters. The first-order valence-electron chi connectivity index (χ1n) is 5.05. The lowest BCUT2D eigenvalue weighted by molar-refractivity contribution is -0.144. The molecule has 5 nitrogen and oxygen atoms in total. The van der Waals surface area contributed by atoms with Crippen LogP contribution in [0.5, 0.6) is 0 Å². The first kappa shape index (κ1) is 15.1. The lowest BCUT2D eigenvalue weighted by atomic mass is 10.4. The third-order valence-electron chi connectivity index (χ3n) is 1.82. The maximum atomic E-state index is 11.2. The Morgan fingerprint density at radius 3 is 2.56 bits per heavy atom. The average Bonchev–Trinajstić information content (AvgIpc) is 2.14. The van der Waals surface area contributed by atoms with Gasteiger partial charge < -0.3 is 4.74 Å². The van der Waals surface area contributed by atoms with Gasteiger partial charge in [-0.3, -0.25) is 9.69 Å². The molecular formula is C10H19NO4S. The summed E-state index contributed by atoms with van der Waals surface area (Å²) >= 11 is 0. The molecule has 0 aromatic rings. The highest BCUT2D eigenvalue weighted by Gasteiger charge is 2.12. The predicted octanol–water partition coefficient (Wildman–Crippen LogP) is 0.0821. The van der Waals surface area contributed by atoms with Crippen molar-refractivity contribution in [1.29, 1.82) is 0 Å². The maximum Gasteiger partial charge on any atom is 0.320 e. The number of hydrogen-bond donors (Lipinski definition) is 0. The van der Waals surface area contributed by atoms with Gasteiger partial charge in [0.2, 0.25) is 0 Å². The molecule has 0 rings (SSSR count). The number of nitrogens with zero attached hydrogens (tertiary/aromatic N) is 1. The Morgan fingerprint density at radius 1 is 1.50 bits per heavy atom. The van der Waals surface area contributed by atoms with E-state index in [1.807, 2.05) is 0 Å². The van der Waals surface area contributed by atoms with Crippen molar-refractivity contribution < 1.29 is 17.9 Å². The maximum absolute atomic E-state index is 11.2. The minimum absolute atomic E-state index is 0.0280. The molecule has 0 aliphatic carbocycles. The van der Waals surface area contributed by atoms with E-state index in [0.29, 0.717) is 19.7 Å². The van der Waals surface area contributed by atoms with Crippen LogP contribution in [0.4, 0.5) is 0 Å². The molecule has 0 saturated heterocycles. The summed E-state index contributed by atoms with van der Waals surface area (Å²) in [5, 5.41) is 0. The molecule has 0 aliphatic rings. The summed E-state index contributed by atoms with van der Waals surface area (Å²) in [6, 6.07) is 0. The second-order valence-electron chi connectivity index (χ2n) is 3.46. The zero-order valence-corrected chi connectivity index (χ0v) is 10.6.